The summed E-state index contributed by atoms with van der Waals surface area (Å²) in [6.45, 7) is 1.92. The Morgan fingerprint density at radius 3 is 2.53 bits per heavy atom. The van der Waals surface area contributed by atoms with Gasteiger partial charge in [-0.05, 0) is 25.1 Å². The predicted molar refractivity (Wildman–Crippen MR) is 67.0 cm³/mol. The van der Waals surface area contributed by atoms with Crippen molar-refractivity contribution in [3.63, 3.8) is 0 Å². The average Bonchev–Trinajstić information content (AvgIpc) is 2.76. The zero-order valence-corrected chi connectivity index (χ0v) is 10.5. The third-order valence-corrected chi connectivity index (χ3v) is 2.95. The molecular formula is C11H10Cl2FN3. The molecule has 0 spiro atoms. The molecule has 0 radical (unpaired) electrons. The summed E-state index contributed by atoms with van der Waals surface area (Å²) < 4.78 is 13.0. The van der Waals surface area contributed by atoms with Gasteiger partial charge in [0.15, 0.2) is 0 Å². The van der Waals surface area contributed by atoms with Gasteiger partial charge in [-0.15, -0.1) is 0 Å². The Balaban J connectivity index is 2.25. The molecule has 0 amide bonds. The minimum atomic E-state index is -0.459. The van der Waals surface area contributed by atoms with Gasteiger partial charge in [-0.3, -0.25) is 5.10 Å². The minimum absolute atomic E-state index is 0.0574. The van der Waals surface area contributed by atoms with Gasteiger partial charge in [-0.2, -0.15) is 5.10 Å². The van der Waals surface area contributed by atoms with Gasteiger partial charge in [0.25, 0.3) is 0 Å². The Morgan fingerprint density at radius 2 is 2.00 bits per heavy atom. The van der Waals surface area contributed by atoms with Crippen molar-refractivity contribution < 1.29 is 4.39 Å². The largest absolute Gasteiger partial charge is 0.375 e. The number of benzene rings is 1. The second kappa shape index (κ2) is 4.94. The number of aromatic nitrogens is 2. The van der Waals surface area contributed by atoms with Crippen molar-refractivity contribution in [1.29, 1.82) is 0 Å². The molecule has 0 saturated heterocycles. The van der Waals surface area contributed by atoms with E-state index in [1.807, 2.05) is 13.0 Å². The highest BCUT2D eigenvalue weighted by Crippen LogP contribution is 2.33. The van der Waals surface area contributed by atoms with Crippen LogP contribution < -0.4 is 5.32 Å². The van der Waals surface area contributed by atoms with E-state index >= 15 is 0 Å². The molecule has 1 heterocycles. The van der Waals surface area contributed by atoms with E-state index in [2.05, 4.69) is 15.5 Å². The zero-order valence-electron chi connectivity index (χ0n) is 8.97. The van der Waals surface area contributed by atoms with Crippen LogP contribution in [0, 0.1) is 5.82 Å². The van der Waals surface area contributed by atoms with Gasteiger partial charge in [-0.25, -0.2) is 4.39 Å². The van der Waals surface area contributed by atoms with Crippen molar-refractivity contribution in [2.45, 2.75) is 13.0 Å². The first-order chi connectivity index (χ1) is 8.08. The summed E-state index contributed by atoms with van der Waals surface area (Å²) in [5, 5.41) is 10.3. The molecule has 1 unspecified atom stereocenters. The molecule has 1 aromatic carbocycles. The fourth-order valence-corrected chi connectivity index (χ4v) is 2.05. The van der Waals surface area contributed by atoms with E-state index in [-0.39, 0.29) is 16.1 Å². The van der Waals surface area contributed by atoms with Crippen molar-refractivity contribution in [2.24, 2.45) is 0 Å². The van der Waals surface area contributed by atoms with E-state index in [0.717, 1.165) is 5.69 Å². The predicted octanol–water partition coefficient (Wildman–Crippen LogP) is 4.03. The smallest absolute Gasteiger partial charge is 0.126 e. The molecule has 0 fully saturated rings. The van der Waals surface area contributed by atoms with Crippen LogP contribution >= 0.6 is 23.2 Å². The monoisotopic (exact) mass is 273 g/mol. The molecule has 17 heavy (non-hydrogen) atoms. The molecule has 90 valence electrons. The summed E-state index contributed by atoms with van der Waals surface area (Å²) in [4.78, 5) is 0. The van der Waals surface area contributed by atoms with Crippen LogP contribution in [0.4, 0.5) is 10.1 Å². The van der Waals surface area contributed by atoms with Crippen LogP contribution in [-0.4, -0.2) is 10.2 Å². The van der Waals surface area contributed by atoms with Crippen LogP contribution in [0.25, 0.3) is 0 Å². The van der Waals surface area contributed by atoms with Gasteiger partial charge in [0.1, 0.15) is 5.82 Å². The summed E-state index contributed by atoms with van der Waals surface area (Å²) in [6, 6.07) is 4.21. The Morgan fingerprint density at radius 1 is 1.35 bits per heavy atom. The van der Waals surface area contributed by atoms with Gasteiger partial charge >= 0.3 is 0 Å². The van der Waals surface area contributed by atoms with Gasteiger partial charge in [0.2, 0.25) is 0 Å². The lowest BCUT2D eigenvalue weighted by Crippen LogP contribution is -2.08. The number of nitrogens with zero attached hydrogens (tertiary/aromatic N) is 1. The molecule has 6 heteroatoms. The topological polar surface area (TPSA) is 40.7 Å². The third kappa shape index (κ3) is 2.70. The number of aromatic amines is 1. The van der Waals surface area contributed by atoms with Gasteiger partial charge in [0, 0.05) is 6.20 Å². The zero-order chi connectivity index (χ0) is 12.4. The lowest BCUT2D eigenvalue weighted by atomic mass is 10.2. The van der Waals surface area contributed by atoms with Crippen LogP contribution in [0.2, 0.25) is 10.0 Å². The molecule has 0 bridgehead atoms. The summed E-state index contributed by atoms with van der Waals surface area (Å²) in [7, 11) is 0. The summed E-state index contributed by atoms with van der Waals surface area (Å²) in [5.41, 5.74) is 1.40. The quantitative estimate of drug-likeness (QED) is 0.887. The van der Waals surface area contributed by atoms with Crippen molar-refractivity contribution in [3.8, 4) is 0 Å². The van der Waals surface area contributed by atoms with Crippen LogP contribution in [0.5, 0.6) is 0 Å². The maximum absolute atomic E-state index is 13.0. The summed E-state index contributed by atoms with van der Waals surface area (Å²) in [6.07, 6.45) is 1.65. The Kier molecular flexibility index (Phi) is 3.54. The van der Waals surface area contributed by atoms with Gasteiger partial charge in [0.05, 0.1) is 27.5 Å². The lowest BCUT2D eigenvalue weighted by molar-refractivity contribution is 0.628. The Hall–Kier alpha value is -1.26. The van der Waals surface area contributed by atoms with Crippen LogP contribution in [0.3, 0.4) is 0 Å². The van der Waals surface area contributed by atoms with Crippen molar-refractivity contribution in [2.75, 3.05) is 5.32 Å². The number of hydrogen-bond acceptors (Lipinski definition) is 2. The molecule has 0 aliphatic heterocycles. The molecule has 0 aliphatic rings. The standard InChI is InChI=1S/C11H10Cl2FN3/c1-6(10-2-3-15-17-10)16-11-8(12)4-7(14)5-9(11)13/h2-6,16H,1H3,(H,15,17). The fourth-order valence-electron chi connectivity index (χ4n) is 1.48. The number of rotatable bonds is 3. The second-order valence-corrected chi connectivity index (χ2v) is 4.44. The first kappa shape index (κ1) is 12.2. The molecule has 0 aliphatic carbocycles. The number of halogens is 3. The molecule has 2 aromatic rings. The maximum Gasteiger partial charge on any atom is 0.126 e. The van der Waals surface area contributed by atoms with Crippen LogP contribution in [-0.2, 0) is 0 Å². The van der Waals surface area contributed by atoms with Crippen LogP contribution in [0.1, 0.15) is 18.7 Å². The molecule has 0 saturated carbocycles. The summed E-state index contributed by atoms with van der Waals surface area (Å²) >= 11 is 11.9. The Bertz CT molecular complexity index is 490. The van der Waals surface area contributed by atoms with E-state index in [1.54, 1.807) is 6.20 Å². The molecule has 2 rings (SSSR count). The number of anilines is 1. The van der Waals surface area contributed by atoms with Crippen molar-refractivity contribution in [1.82, 2.24) is 10.2 Å². The van der Waals surface area contributed by atoms with Gasteiger partial charge in [-0.1, -0.05) is 23.2 Å². The van der Waals surface area contributed by atoms with Crippen LogP contribution in [0.15, 0.2) is 24.4 Å². The molecule has 2 N–H and O–H groups in total. The highest BCUT2D eigenvalue weighted by molar-refractivity contribution is 6.39. The van der Waals surface area contributed by atoms with E-state index in [4.69, 9.17) is 23.2 Å². The van der Waals surface area contributed by atoms with Crippen molar-refractivity contribution in [3.05, 3.63) is 46.0 Å². The fraction of sp³-hybridized carbons (Fsp3) is 0.182. The van der Waals surface area contributed by atoms with E-state index in [1.165, 1.54) is 12.1 Å². The first-order valence-electron chi connectivity index (χ1n) is 4.98. The van der Waals surface area contributed by atoms with Gasteiger partial charge < -0.3 is 5.32 Å². The maximum atomic E-state index is 13.0. The highest BCUT2D eigenvalue weighted by Gasteiger charge is 2.13. The highest BCUT2D eigenvalue weighted by atomic mass is 35.5. The SMILES string of the molecule is CC(Nc1c(Cl)cc(F)cc1Cl)c1ccn[nH]1. The molecule has 1 aromatic heterocycles. The molecular weight excluding hydrogens is 264 g/mol. The van der Waals surface area contributed by atoms with E-state index in [9.17, 15) is 4.39 Å². The molecule has 1 atom stereocenters. The number of hydrogen-bond donors (Lipinski definition) is 2. The number of nitrogens with one attached hydrogen (secondary N) is 2. The third-order valence-electron chi connectivity index (χ3n) is 2.36. The first-order valence-corrected chi connectivity index (χ1v) is 5.74. The molecule has 3 nitrogen and oxygen atoms in total. The second-order valence-electron chi connectivity index (χ2n) is 3.62. The minimum Gasteiger partial charge on any atom is -0.375 e. The van der Waals surface area contributed by atoms with Crippen molar-refractivity contribution >= 4 is 28.9 Å². The van der Waals surface area contributed by atoms with E-state index in [0.29, 0.717) is 5.69 Å². The lowest BCUT2D eigenvalue weighted by Gasteiger charge is -2.16. The normalized spacial score (nSPS) is 12.5. The Labute approximate surface area is 108 Å². The summed E-state index contributed by atoms with van der Waals surface area (Å²) in [5.74, 6) is -0.459. The average molecular weight is 274 g/mol. The number of H-pyrrole nitrogens is 1. The van der Waals surface area contributed by atoms with E-state index < -0.39 is 5.82 Å².